The van der Waals surface area contributed by atoms with Crippen molar-refractivity contribution in [3.8, 4) is 84.2 Å². The number of pyridine rings is 3. The summed E-state index contributed by atoms with van der Waals surface area (Å²) in [5, 5.41) is 18.2. The quantitative estimate of drug-likeness (QED) is 0.128. The normalized spacial score (nSPS) is 12.2. The molecule has 0 bridgehead atoms. The van der Waals surface area contributed by atoms with Gasteiger partial charge in [-0.1, -0.05) is 382 Å². The lowest BCUT2D eigenvalue weighted by atomic mass is 9.67. The molecule has 6 nitrogen and oxygen atoms in total. The van der Waals surface area contributed by atoms with Gasteiger partial charge in [0.25, 0.3) is 0 Å². The molecule has 1 aliphatic rings. The summed E-state index contributed by atoms with van der Waals surface area (Å²) in [7, 11) is 0. The van der Waals surface area contributed by atoms with Gasteiger partial charge in [0.1, 0.15) is 0 Å². The first-order valence-electron chi connectivity index (χ1n) is 44.6. The number of nitrogens with zero attached hydrogens (tertiary/aromatic N) is 6. The van der Waals surface area contributed by atoms with Crippen LogP contribution in [0.25, 0.3) is 215 Å². The van der Waals surface area contributed by atoms with E-state index < -0.39 is 5.41 Å². The lowest BCUT2D eigenvalue weighted by Gasteiger charge is -2.34. The summed E-state index contributed by atoms with van der Waals surface area (Å²) in [6.07, 6.45) is 0. The third-order valence-electron chi connectivity index (χ3n) is 26.8. The van der Waals surface area contributed by atoms with Gasteiger partial charge >= 0.3 is 0 Å². The highest BCUT2D eigenvalue weighted by Gasteiger charge is 2.46. The number of hydrogen-bond acceptors (Lipinski definition) is 3. The lowest BCUT2D eigenvalue weighted by molar-refractivity contribution is 0.767. The van der Waals surface area contributed by atoms with E-state index in [2.05, 4.69) is 499 Å². The molecule has 26 aromatic rings. The van der Waals surface area contributed by atoms with Gasteiger partial charge in [0.15, 0.2) is 0 Å². The topological polar surface area (TPSA) is 53.5 Å². The molecule has 6 aromatic heterocycles. The van der Waals surface area contributed by atoms with Crippen LogP contribution in [0, 0.1) is 0 Å². The standard InChI is InChI=1S/C50H32N2.C43H28N2.C31H20N2/c1-3-15-34(16-4-1)50(35-17-5-2-6-18-35)44-24-12-9-20-38(44)39-29-28-36(32-45(39)50)52-47-26-14-11-22-41(47)43-31-33(27-30-48(43)52)49-42-23-8-7-19-37(42)40-21-10-13-25-46(40)51-49;1-3-13-29(14-4-1)32-25-33(30-15-5-2-6-16-30)27-34(26-32)45-41-22-12-10-19-37(41)38-24-23-31(28-42(38)45)43-39-20-8-7-17-35(39)36-18-9-11-21-40(36)44-43;1-2-10-22(11-3-1)33-29-17-9-7-14-25(29)26-19-18-21(20-30(26)33)31-27-15-5-4-12-23(27)24-13-6-8-16-28(24)32-31/h1-32H;1-28H;1-20H. The Hall–Kier alpha value is -17.2. The molecule has 1 aliphatic carbocycles. The van der Waals surface area contributed by atoms with Crippen molar-refractivity contribution < 1.29 is 0 Å². The van der Waals surface area contributed by atoms with Crippen molar-refractivity contribution in [3.63, 3.8) is 0 Å². The van der Waals surface area contributed by atoms with E-state index in [4.69, 9.17) is 15.0 Å². The van der Waals surface area contributed by atoms with Crippen molar-refractivity contribution in [1.82, 2.24) is 28.7 Å². The van der Waals surface area contributed by atoms with Crippen LogP contribution >= 0.6 is 0 Å². The maximum Gasteiger partial charge on any atom is 0.0788 e. The molecule has 0 unspecified atom stereocenters. The van der Waals surface area contributed by atoms with Crippen LogP contribution in [0.1, 0.15) is 22.3 Å². The van der Waals surface area contributed by atoms with Gasteiger partial charge in [-0.05, 0) is 175 Å². The first kappa shape index (κ1) is 75.3. The van der Waals surface area contributed by atoms with Crippen molar-refractivity contribution in [3.05, 3.63) is 508 Å². The average molecular weight is 1650 g/mol. The van der Waals surface area contributed by atoms with Crippen LogP contribution in [-0.2, 0) is 5.41 Å². The Bertz CT molecular complexity index is 8880. The van der Waals surface area contributed by atoms with Crippen LogP contribution < -0.4 is 0 Å². The van der Waals surface area contributed by atoms with Gasteiger partial charge in [-0.25, -0.2) is 15.0 Å². The second-order valence-corrected chi connectivity index (χ2v) is 33.9. The summed E-state index contributed by atoms with van der Waals surface area (Å²) in [5.41, 5.74) is 32.1. The molecule has 20 aromatic carbocycles. The molecule has 606 valence electrons. The van der Waals surface area contributed by atoms with Crippen molar-refractivity contribution >= 4 is 130 Å². The van der Waals surface area contributed by atoms with Crippen molar-refractivity contribution in [2.45, 2.75) is 5.41 Å². The molecule has 0 saturated carbocycles. The Kier molecular flexibility index (Phi) is 18.1. The fourth-order valence-corrected chi connectivity index (χ4v) is 21.0. The summed E-state index contributed by atoms with van der Waals surface area (Å²) < 4.78 is 7.23. The molecule has 0 atom stereocenters. The molecule has 6 heteroatoms. The number of rotatable bonds is 10. The molecule has 130 heavy (non-hydrogen) atoms. The van der Waals surface area contributed by atoms with Crippen LogP contribution in [0.2, 0.25) is 0 Å². The van der Waals surface area contributed by atoms with Crippen molar-refractivity contribution in [2.75, 3.05) is 0 Å². The molecular formula is C124H80N6. The lowest BCUT2D eigenvalue weighted by Crippen LogP contribution is -2.28. The van der Waals surface area contributed by atoms with Gasteiger partial charge < -0.3 is 13.7 Å². The van der Waals surface area contributed by atoms with Gasteiger partial charge in [-0.2, -0.15) is 0 Å². The summed E-state index contributed by atoms with van der Waals surface area (Å²) in [6, 6.07) is 175. The predicted molar refractivity (Wildman–Crippen MR) is 545 cm³/mol. The molecule has 0 amide bonds. The van der Waals surface area contributed by atoms with Crippen molar-refractivity contribution in [2.24, 2.45) is 0 Å². The Balaban J connectivity index is 0.000000108. The van der Waals surface area contributed by atoms with Crippen LogP contribution in [0.5, 0.6) is 0 Å². The molecule has 0 aliphatic heterocycles. The Morgan fingerprint density at radius 3 is 0.938 bits per heavy atom. The molecule has 0 radical (unpaired) electrons. The number of benzene rings is 20. The monoisotopic (exact) mass is 1650 g/mol. The molecule has 0 N–H and O–H groups in total. The van der Waals surface area contributed by atoms with Gasteiger partial charge in [0.2, 0.25) is 0 Å². The minimum Gasteiger partial charge on any atom is -0.309 e. The Labute approximate surface area is 751 Å². The zero-order valence-electron chi connectivity index (χ0n) is 70.9. The molecule has 6 heterocycles. The van der Waals surface area contributed by atoms with E-state index in [0.29, 0.717) is 0 Å². The highest BCUT2D eigenvalue weighted by atomic mass is 15.0. The minimum atomic E-state index is -0.459. The molecule has 0 saturated heterocycles. The van der Waals surface area contributed by atoms with Gasteiger partial charge in [0.05, 0.1) is 72.1 Å². The van der Waals surface area contributed by atoms with E-state index >= 15 is 0 Å². The predicted octanol–water partition coefficient (Wildman–Crippen LogP) is 32.2. The van der Waals surface area contributed by atoms with Crippen LogP contribution in [0.3, 0.4) is 0 Å². The largest absolute Gasteiger partial charge is 0.309 e. The van der Waals surface area contributed by atoms with E-state index in [1.54, 1.807) is 0 Å². The van der Waals surface area contributed by atoms with Crippen molar-refractivity contribution in [1.29, 1.82) is 0 Å². The first-order chi connectivity index (χ1) is 64.5. The molecular weight excluding hydrogens is 1570 g/mol. The van der Waals surface area contributed by atoms with Gasteiger partial charge in [-0.3, -0.25) is 0 Å². The zero-order chi connectivity index (χ0) is 85.7. The smallest absolute Gasteiger partial charge is 0.0788 e. The SMILES string of the molecule is c1ccc(-c2cc(-c3ccccc3)cc(-n3c4ccccc4c4ccc(-c5nc6ccccc6c6ccccc56)cc43)c2)cc1.c1ccc(-n2c3ccccc3c3ccc(-c4nc5ccccc5c5ccccc45)cc32)cc1.c1ccc(C2(c3ccccc3)c3ccccc3-c3ccc(-n4c5ccccc5c5cc(-c6nc7ccccc7c7ccccc67)ccc54)cc32)cc1. The van der Waals surface area contributed by atoms with E-state index in [9.17, 15) is 0 Å². The molecule has 27 rings (SSSR count). The first-order valence-corrected chi connectivity index (χ1v) is 44.6. The second-order valence-electron chi connectivity index (χ2n) is 33.9. The number of aromatic nitrogens is 6. The van der Waals surface area contributed by atoms with Crippen LogP contribution in [0.4, 0.5) is 0 Å². The summed E-state index contributed by atoms with van der Waals surface area (Å²) in [6.45, 7) is 0. The number of hydrogen-bond donors (Lipinski definition) is 0. The highest BCUT2D eigenvalue weighted by molar-refractivity contribution is 6.18. The van der Waals surface area contributed by atoms with E-state index in [-0.39, 0.29) is 0 Å². The van der Waals surface area contributed by atoms with E-state index in [1.807, 2.05) is 0 Å². The zero-order valence-corrected chi connectivity index (χ0v) is 70.9. The fraction of sp³-hybridized carbons (Fsp3) is 0.00806. The summed E-state index contributed by atoms with van der Waals surface area (Å²) in [5.74, 6) is 0. The number of fused-ring (bicyclic) bond motifs is 21. The Morgan fingerprint density at radius 1 is 0.154 bits per heavy atom. The maximum absolute atomic E-state index is 5.25. The Morgan fingerprint density at radius 2 is 0.477 bits per heavy atom. The molecule has 0 fully saturated rings. The van der Waals surface area contributed by atoms with Crippen LogP contribution in [0.15, 0.2) is 485 Å². The van der Waals surface area contributed by atoms with E-state index in [1.165, 1.54) is 159 Å². The minimum absolute atomic E-state index is 0.459. The number of para-hydroxylation sites is 7. The van der Waals surface area contributed by atoms with Gasteiger partial charge in [-0.15, -0.1) is 0 Å². The van der Waals surface area contributed by atoms with Crippen LogP contribution in [-0.4, -0.2) is 28.7 Å². The fourth-order valence-electron chi connectivity index (χ4n) is 21.0. The maximum atomic E-state index is 5.25. The summed E-state index contributed by atoms with van der Waals surface area (Å²) in [4.78, 5) is 15.6. The highest BCUT2D eigenvalue weighted by Crippen LogP contribution is 2.57. The molecule has 0 spiro atoms. The van der Waals surface area contributed by atoms with E-state index in [0.717, 1.165) is 78.3 Å². The third kappa shape index (κ3) is 12.4. The van der Waals surface area contributed by atoms with Gasteiger partial charge in [0, 0.05) is 98.4 Å². The third-order valence-corrected chi connectivity index (χ3v) is 26.8. The summed E-state index contributed by atoms with van der Waals surface area (Å²) >= 11 is 0. The second kappa shape index (κ2) is 31.2. The average Bonchev–Trinajstić information content (AvgIpc) is 1.53.